The Kier molecular flexibility index (Phi) is 4.23. The minimum Gasteiger partial charge on any atom is -0.390 e. The van der Waals surface area contributed by atoms with E-state index >= 15 is 0 Å². The van der Waals surface area contributed by atoms with Crippen LogP contribution in [0.4, 0.5) is 0 Å². The zero-order chi connectivity index (χ0) is 12.3. The van der Waals surface area contributed by atoms with Crippen LogP contribution < -0.4 is 0 Å². The molecule has 96 valence electrons. The van der Waals surface area contributed by atoms with Crippen molar-refractivity contribution in [3.05, 3.63) is 21.9 Å². The summed E-state index contributed by atoms with van der Waals surface area (Å²) in [6, 6.07) is 4.36. The Labute approximate surface area is 108 Å². The molecule has 17 heavy (non-hydrogen) atoms. The Hall–Kier alpha value is -0.380. The van der Waals surface area contributed by atoms with Crippen LogP contribution in [0.5, 0.6) is 0 Å². The van der Waals surface area contributed by atoms with Gasteiger partial charge in [-0.15, -0.1) is 11.3 Å². The van der Waals surface area contributed by atoms with Crippen LogP contribution >= 0.6 is 11.3 Å². The highest BCUT2D eigenvalue weighted by molar-refractivity contribution is 7.12. The van der Waals surface area contributed by atoms with E-state index in [9.17, 15) is 5.11 Å². The third-order valence-corrected chi connectivity index (χ3v) is 5.00. The average Bonchev–Trinajstić information content (AvgIpc) is 2.77. The van der Waals surface area contributed by atoms with E-state index in [1.54, 1.807) is 7.11 Å². The predicted octanol–water partition coefficient (Wildman–Crippen LogP) is 3.17. The molecule has 2 rings (SSSR count). The molecule has 1 saturated carbocycles. The maximum Gasteiger partial charge on any atom is 0.0697 e. The molecule has 1 N–H and O–H groups in total. The van der Waals surface area contributed by atoms with Gasteiger partial charge in [0.1, 0.15) is 0 Å². The second-order valence-corrected chi connectivity index (χ2v) is 6.31. The highest BCUT2D eigenvalue weighted by Gasteiger charge is 2.33. The van der Waals surface area contributed by atoms with Crippen molar-refractivity contribution in [1.82, 2.24) is 0 Å². The van der Waals surface area contributed by atoms with Gasteiger partial charge in [-0.2, -0.15) is 0 Å². The third-order valence-electron chi connectivity index (χ3n) is 3.77. The quantitative estimate of drug-likeness (QED) is 0.894. The lowest BCUT2D eigenvalue weighted by Crippen LogP contribution is -2.38. The van der Waals surface area contributed by atoms with Gasteiger partial charge >= 0.3 is 0 Å². The molecule has 0 amide bonds. The summed E-state index contributed by atoms with van der Waals surface area (Å²) in [5.74, 6) is 0. The number of thiophene rings is 1. The van der Waals surface area contributed by atoms with E-state index in [1.807, 2.05) is 11.3 Å². The molecule has 1 aliphatic carbocycles. The van der Waals surface area contributed by atoms with Crippen molar-refractivity contribution in [2.75, 3.05) is 7.11 Å². The summed E-state index contributed by atoms with van der Waals surface area (Å²) >= 11 is 1.84. The molecule has 0 aliphatic heterocycles. The van der Waals surface area contributed by atoms with Gasteiger partial charge in [0.05, 0.1) is 11.7 Å². The topological polar surface area (TPSA) is 29.5 Å². The molecule has 0 saturated heterocycles. The molecule has 1 heterocycles. The Morgan fingerprint density at radius 3 is 2.53 bits per heavy atom. The molecule has 0 atom stereocenters. The monoisotopic (exact) mass is 254 g/mol. The first-order valence-corrected chi connectivity index (χ1v) is 7.29. The SMILES string of the molecule is CCc1ccc(CC2(O)CCC(OC)CC2)s1. The van der Waals surface area contributed by atoms with Gasteiger partial charge in [-0.3, -0.25) is 0 Å². The molecule has 1 aromatic heterocycles. The first kappa shape index (κ1) is 13.1. The van der Waals surface area contributed by atoms with E-state index in [4.69, 9.17) is 4.74 Å². The maximum atomic E-state index is 10.6. The minimum absolute atomic E-state index is 0.352. The Morgan fingerprint density at radius 1 is 1.35 bits per heavy atom. The smallest absolute Gasteiger partial charge is 0.0697 e. The summed E-state index contributed by atoms with van der Waals surface area (Å²) in [5, 5.41) is 10.6. The summed E-state index contributed by atoms with van der Waals surface area (Å²) in [5.41, 5.74) is -0.495. The Morgan fingerprint density at radius 2 is 2.00 bits per heavy atom. The molecular weight excluding hydrogens is 232 g/mol. The van der Waals surface area contributed by atoms with Crippen molar-refractivity contribution in [2.24, 2.45) is 0 Å². The van der Waals surface area contributed by atoms with Crippen molar-refractivity contribution in [3.8, 4) is 0 Å². The Balaban J connectivity index is 1.94. The fourth-order valence-corrected chi connectivity index (χ4v) is 3.67. The fraction of sp³-hybridized carbons (Fsp3) is 0.714. The van der Waals surface area contributed by atoms with Crippen molar-refractivity contribution in [3.63, 3.8) is 0 Å². The van der Waals surface area contributed by atoms with Gasteiger partial charge in [0.2, 0.25) is 0 Å². The van der Waals surface area contributed by atoms with Gasteiger partial charge in [0.25, 0.3) is 0 Å². The van der Waals surface area contributed by atoms with E-state index in [1.165, 1.54) is 9.75 Å². The third kappa shape index (κ3) is 3.30. The lowest BCUT2D eigenvalue weighted by Gasteiger charge is -2.35. The highest BCUT2D eigenvalue weighted by Crippen LogP contribution is 2.34. The van der Waals surface area contributed by atoms with Gasteiger partial charge in [-0.25, -0.2) is 0 Å². The first-order valence-electron chi connectivity index (χ1n) is 6.48. The second kappa shape index (κ2) is 5.51. The number of rotatable bonds is 4. The van der Waals surface area contributed by atoms with Crippen molar-refractivity contribution in [1.29, 1.82) is 0 Å². The van der Waals surface area contributed by atoms with Crippen molar-refractivity contribution < 1.29 is 9.84 Å². The van der Waals surface area contributed by atoms with Crippen LogP contribution in [0.2, 0.25) is 0 Å². The molecular formula is C14H22O2S. The van der Waals surface area contributed by atoms with Crippen LogP contribution in [0.25, 0.3) is 0 Å². The van der Waals surface area contributed by atoms with E-state index in [-0.39, 0.29) is 0 Å². The second-order valence-electron chi connectivity index (χ2n) is 5.06. The van der Waals surface area contributed by atoms with E-state index in [0.29, 0.717) is 6.10 Å². The molecule has 2 nitrogen and oxygen atoms in total. The maximum absolute atomic E-state index is 10.6. The number of methoxy groups -OCH3 is 1. The van der Waals surface area contributed by atoms with Crippen LogP contribution in [0.3, 0.4) is 0 Å². The van der Waals surface area contributed by atoms with Crippen molar-refractivity contribution in [2.45, 2.75) is 57.2 Å². The normalized spacial score (nSPS) is 29.5. The summed E-state index contributed by atoms with van der Waals surface area (Å²) in [6.45, 7) is 2.17. The van der Waals surface area contributed by atoms with Crippen LogP contribution in [-0.4, -0.2) is 23.9 Å². The molecule has 0 aromatic carbocycles. The molecule has 0 spiro atoms. The number of aliphatic hydroxyl groups is 1. The van der Waals surface area contributed by atoms with Crippen LogP contribution in [0, 0.1) is 0 Å². The zero-order valence-corrected chi connectivity index (χ0v) is 11.6. The molecule has 3 heteroatoms. The fourth-order valence-electron chi connectivity index (χ4n) is 2.57. The zero-order valence-electron chi connectivity index (χ0n) is 10.7. The number of hydrogen-bond donors (Lipinski definition) is 1. The average molecular weight is 254 g/mol. The predicted molar refractivity (Wildman–Crippen MR) is 71.6 cm³/mol. The van der Waals surface area contributed by atoms with E-state index in [2.05, 4.69) is 19.1 Å². The van der Waals surface area contributed by atoms with Gasteiger partial charge in [-0.1, -0.05) is 6.92 Å². The summed E-state index contributed by atoms with van der Waals surface area (Å²) < 4.78 is 5.35. The summed E-state index contributed by atoms with van der Waals surface area (Å²) in [7, 11) is 1.77. The molecule has 0 unspecified atom stereocenters. The van der Waals surface area contributed by atoms with Crippen LogP contribution in [-0.2, 0) is 17.6 Å². The van der Waals surface area contributed by atoms with E-state index < -0.39 is 5.60 Å². The number of hydrogen-bond acceptors (Lipinski definition) is 3. The van der Waals surface area contributed by atoms with Crippen LogP contribution in [0.15, 0.2) is 12.1 Å². The number of ether oxygens (including phenoxy) is 1. The van der Waals surface area contributed by atoms with Crippen molar-refractivity contribution >= 4 is 11.3 Å². The molecule has 1 fully saturated rings. The van der Waals surface area contributed by atoms with Crippen LogP contribution in [0.1, 0.15) is 42.4 Å². The number of aryl methyl sites for hydroxylation is 1. The summed E-state index contributed by atoms with van der Waals surface area (Å²) in [6.07, 6.45) is 5.96. The first-order chi connectivity index (χ1) is 8.15. The van der Waals surface area contributed by atoms with E-state index in [0.717, 1.165) is 38.5 Å². The standard InChI is InChI=1S/C14H22O2S/c1-3-12-4-5-13(17-12)10-14(15)8-6-11(16-2)7-9-14/h4-5,11,15H,3,6-10H2,1-2H3. The summed E-state index contributed by atoms with van der Waals surface area (Å²) in [4.78, 5) is 2.73. The van der Waals surface area contributed by atoms with Gasteiger partial charge in [0, 0.05) is 23.3 Å². The molecule has 1 aromatic rings. The van der Waals surface area contributed by atoms with Gasteiger partial charge in [-0.05, 0) is 44.2 Å². The lowest BCUT2D eigenvalue weighted by molar-refractivity contribution is -0.0422. The van der Waals surface area contributed by atoms with Gasteiger partial charge in [0.15, 0.2) is 0 Å². The minimum atomic E-state index is -0.495. The molecule has 0 radical (unpaired) electrons. The lowest BCUT2D eigenvalue weighted by atomic mass is 9.81. The molecule has 1 aliphatic rings. The largest absolute Gasteiger partial charge is 0.390 e. The highest BCUT2D eigenvalue weighted by atomic mass is 32.1. The molecule has 0 bridgehead atoms. The Bertz CT molecular complexity index is 351. The van der Waals surface area contributed by atoms with Gasteiger partial charge < -0.3 is 9.84 Å².